The normalized spacial score (nSPS) is 10.2. The lowest BCUT2D eigenvalue weighted by Gasteiger charge is -2.07. The highest BCUT2D eigenvalue weighted by Crippen LogP contribution is 2.24. The van der Waals surface area contributed by atoms with Crippen molar-refractivity contribution < 1.29 is 9.53 Å². The van der Waals surface area contributed by atoms with Crippen molar-refractivity contribution in [1.82, 2.24) is 9.97 Å². The largest absolute Gasteiger partial charge is 0.465 e. The molecule has 2 rings (SSSR count). The van der Waals surface area contributed by atoms with Gasteiger partial charge in [0.2, 0.25) is 0 Å². The molecule has 0 saturated heterocycles. The van der Waals surface area contributed by atoms with Crippen LogP contribution in [0.5, 0.6) is 0 Å². The van der Waals surface area contributed by atoms with Gasteiger partial charge >= 0.3 is 5.97 Å². The molecule has 0 atom stereocenters. The van der Waals surface area contributed by atoms with Gasteiger partial charge in [-0.3, -0.25) is 0 Å². The first-order valence-corrected chi connectivity index (χ1v) is 6.58. The van der Waals surface area contributed by atoms with Crippen LogP contribution in [0.15, 0.2) is 39.5 Å². The second kappa shape index (κ2) is 5.58. The Labute approximate surface area is 121 Å². The lowest BCUT2D eigenvalue weighted by Crippen LogP contribution is -2.05. The molecular weight excluding hydrogens is 364 g/mol. The summed E-state index contributed by atoms with van der Waals surface area (Å²) in [5, 5.41) is 0. The molecule has 6 heteroatoms. The van der Waals surface area contributed by atoms with Crippen LogP contribution in [-0.2, 0) is 4.74 Å². The Morgan fingerprint density at radius 2 is 1.83 bits per heavy atom. The zero-order valence-electron chi connectivity index (χ0n) is 9.35. The molecule has 0 aromatic carbocycles. The molecule has 2 heterocycles. The first kappa shape index (κ1) is 13.2. The third kappa shape index (κ3) is 2.76. The average molecular weight is 372 g/mol. The van der Waals surface area contributed by atoms with Gasteiger partial charge < -0.3 is 4.74 Å². The number of hydrogen-bond acceptors (Lipinski definition) is 4. The third-order valence-corrected chi connectivity index (χ3v) is 3.11. The van der Waals surface area contributed by atoms with E-state index in [-0.39, 0.29) is 0 Å². The number of methoxy groups -OCH3 is 1. The molecule has 18 heavy (non-hydrogen) atoms. The standard InChI is InChI=1S/C12H8Br2N2O2/c1-18-12(17)7-5-6-10(14)16-11(7)8-3-2-4-9(13)15-8/h2-6H,1H3. The van der Waals surface area contributed by atoms with Gasteiger partial charge in [-0.25, -0.2) is 14.8 Å². The third-order valence-electron chi connectivity index (χ3n) is 2.22. The average Bonchev–Trinajstić information content (AvgIpc) is 2.38. The highest BCUT2D eigenvalue weighted by atomic mass is 79.9. The minimum Gasteiger partial charge on any atom is -0.465 e. The molecular formula is C12H8Br2N2O2. The van der Waals surface area contributed by atoms with Gasteiger partial charge in [0.1, 0.15) is 14.9 Å². The quantitative estimate of drug-likeness (QED) is 0.599. The molecule has 0 fully saturated rings. The molecule has 0 aliphatic rings. The Morgan fingerprint density at radius 1 is 1.11 bits per heavy atom. The molecule has 2 aromatic rings. The Bertz CT molecular complexity index is 602. The predicted octanol–water partition coefficient (Wildman–Crippen LogP) is 3.46. The van der Waals surface area contributed by atoms with Crippen LogP contribution in [0, 0.1) is 0 Å². The van der Waals surface area contributed by atoms with Gasteiger partial charge in [-0.2, -0.15) is 0 Å². The second-order valence-electron chi connectivity index (χ2n) is 3.37. The van der Waals surface area contributed by atoms with Crippen LogP contribution in [-0.4, -0.2) is 23.0 Å². The fraction of sp³-hybridized carbons (Fsp3) is 0.0833. The molecule has 0 unspecified atom stereocenters. The highest BCUT2D eigenvalue weighted by Gasteiger charge is 2.16. The number of nitrogens with zero attached hydrogens (tertiary/aromatic N) is 2. The van der Waals surface area contributed by atoms with Crippen LogP contribution in [0.25, 0.3) is 11.4 Å². The number of rotatable bonds is 2. The first-order valence-electron chi connectivity index (χ1n) is 4.99. The summed E-state index contributed by atoms with van der Waals surface area (Å²) in [6.07, 6.45) is 0. The molecule has 92 valence electrons. The molecule has 0 radical (unpaired) electrons. The lowest BCUT2D eigenvalue weighted by atomic mass is 10.1. The van der Waals surface area contributed by atoms with E-state index in [0.717, 1.165) is 0 Å². The van der Waals surface area contributed by atoms with Crippen molar-refractivity contribution in [2.45, 2.75) is 0 Å². The van der Waals surface area contributed by atoms with Gasteiger partial charge in [0.25, 0.3) is 0 Å². The van der Waals surface area contributed by atoms with E-state index in [9.17, 15) is 4.79 Å². The van der Waals surface area contributed by atoms with Crippen molar-refractivity contribution in [2.75, 3.05) is 7.11 Å². The van der Waals surface area contributed by atoms with E-state index in [1.165, 1.54) is 7.11 Å². The smallest absolute Gasteiger partial charge is 0.340 e. The maximum atomic E-state index is 11.7. The number of esters is 1. The molecule has 4 nitrogen and oxygen atoms in total. The summed E-state index contributed by atoms with van der Waals surface area (Å²) in [6.45, 7) is 0. The molecule has 0 saturated carbocycles. The summed E-state index contributed by atoms with van der Waals surface area (Å²) in [7, 11) is 1.34. The van der Waals surface area contributed by atoms with Crippen LogP contribution in [0.4, 0.5) is 0 Å². The minimum atomic E-state index is -0.438. The Kier molecular flexibility index (Phi) is 4.08. The van der Waals surface area contributed by atoms with Crippen molar-refractivity contribution in [3.05, 3.63) is 45.1 Å². The fourth-order valence-corrected chi connectivity index (χ4v) is 2.10. The summed E-state index contributed by atoms with van der Waals surface area (Å²) in [5.41, 5.74) is 1.47. The number of carbonyl (C=O) groups excluding carboxylic acids is 1. The molecule has 0 bridgehead atoms. The number of halogens is 2. The van der Waals surface area contributed by atoms with Gasteiger partial charge in [0, 0.05) is 0 Å². The van der Waals surface area contributed by atoms with Gasteiger partial charge in [0.05, 0.1) is 18.4 Å². The maximum Gasteiger partial charge on any atom is 0.340 e. The summed E-state index contributed by atoms with van der Waals surface area (Å²) < 4.78 is 6.04. The van der Waals surface area contributed by atoms with Crippen LogP contribution in [0.2, 0.25) is 0 Å². The fourth-order valence-electron chi connectivity index (χ4n) is 1.45. The number of pyridine rings is 2. The van der Waals surface area contributed by atoms with E-state index in [1.54, 1.807) is 24.3 Å². The van der Waals surface area contributed by atoms with Crippen LogP contribution >= 0.6 is 31.9 Å². The van der Waals surface area contributed by atoms with E-state index in [1.807, 2.05) is 6.07 Å². The molecule has 0 amide bonds. The lowest BCUT2D eigenvalue weighted by molar-refractivity contribution is 0.0601. The zero-order chi connectivity index (χ0) is 13.1. The second-order valence-corrected chi connectivity index (χ2v) is 4.99. The number of ether oxygens (including phenoxy) is 1. The maximum absolute atomic E-state index is 11.7. The number of aromatic nitrogens is 2. The highest BCUT2D eigenvalue weighted by molar-refractivity contribution is 9.10. The Balaban J connectivity index is 2.61. The van der Waals surface area contributed by atoms with Crippen LogP contribution < -0.4 is 0 Å². The van der Waals surface area contributed by atoms with Crippen LogP contribution in [0.3, 0.4) is 0 Å². The van der Waals surface area contributed by atoms with Crippen molar-refractivity contribution in [2.24, 2.45) is 0 Å². The zero-order valence-corrected chi connectivity index (χ0v) is 12.5. The van der Waals surface area contributed by atoms with Gasteiger partial charge in [-0.15, -0.1) is 0 Å². The Hall–Kier alpha value is -1.27. The summed E-state index contributed by atoms with van der Waals surface area (Å²) >= 11 is 6.57. The molecule has 2 aromatic heterocycles. The summed E-state index contributed by atoms with van der Waals surface area (Å²) in [6, 6.07) is 8.76. The van der Waals surface area contributed by atoms with Crippen molar-refractivity contribution in [3.63, 3.8) is 0 Å². The topological polar surface area (TPSA) is 52.1 Å². The minimum absolute atomic E-state index is 0.381. The summed E-state index contributed by atoms with van der Waals surface area (Å²) in [4.78, 5) is 20.3. The molecule has 0 aliphatic heterocycles. The number of hydrogen-bond donors (Lipinski definition) is 0. The van der Waals surface area contributed by atoms with Crippen molar-refractivity contribution in [3.8, 4) is 11.4 Å². The van der Waals surface area contributed by atoms with Gasteiger partial charge in [0.15, 0.2) is 0 Å². The van der Waals surface area contributed by atoms with Crippen molar-refractivity contribution in [1.29, 1.82) is 0 Å². The summed E-state index contributed by atoms with van der Waals surface area (Å²) in [5.74, 6) is -0.438. The van der Waals surface area contributed by atoms with E-state index < -0.39 is 5.97 Å². The monoisotopic (exact) mass is 370 g/mol. The first-order chi connectivity index (χ1) is 8.61. The SMILES string of the molecule is COC(=O)c1ccc(Br)nc1-c1cccc(Br)n1. The van der Waals surface area contributed by atoms with Crippen LogP contribution in [0.1, 0.15) is 10.4 Å². The van der Waals surface area contributed by atoms with E-state index in [0.29, 0.717) is 26.2 Å². The van der Waals surface area contributed by atoms with Gasteiger partial charge in [-0.1, -0.05) is 6.07 Å². The van der Waals surface area contributed by atoms with Gasteiger partial charge in [-0.05, 0) is 56.1 Å². The molecule has 0 spiro atoms. The number of carbonyl (C=O) groups is 1. The van der Waals surface area contributed by atoms with Crippen molar-refractivity contribution >= 4 is 37.8 Å². The Morgan fingerprint density at radius 3 is 2.50 bits per heavy atom. The predicted molar refractivity (Wildman–Crippen MR) is 74.2 cm³/mol. The van der Waals surface area contributed by atoms with E-state index in [2.05, 4.69) is 41.8 Å². The molecule has 0 N–H and O–H groups in total. The van der Waals surface area contributed by atoms with E-state index in [4.69, 9.17) is 4.74 Å². The van der Waals surface area contributed by atoms with E-state index >= 15 is 0 Å². The molecule has 0 aliphatic carbocycles.